The molecule has 1 aliphatic heterocycles. The van der Waals surface area contributed by atoms with E-state index >= 15 is 0 Å². The zero-order valence-corrected chi connectivity index (χ0v) is 23.5. The first-order valence-electron chi connectivity index (χ1n) is 11.5. The van der Waals surface area contributed by atoms with Gasteiger partial charge in [0.2, 0.25) is 5.91 Å². The highest BCUT2D eigenvalue weighted by molar-refractivity contribution is 7.66. The molecule has 40 heavy (non-hydrogen) atoms. The minimum atomic E-state index is -5.82. The molecule has 2 unspecified atom stereocenters. The van der Waals surface area contributed by atoms with Crippen molar-refractivity contribution in [3.63, 3.8) is 0 Å². The van der Waals surface area contributed by atoms with Gasteiger partial charge in [-0.3, -0.25) is 23.7 Å². The molecular weight excluding hydrogens is 605 g/mol. The van der Waals surface area contributed by atoms with Gasteiger partial charge >= 0.3 is 29.2 Å². The van der Waals surface area contributed by atoms with Gasteiger partial charge in [0.25, 0.3) is 5.56 Å². The molecule has 0 aromatic carbocycles. The fourth-order valence-corrected chi connectivity index (χ4v) is 6.97. The monoisotopic (exact) mass is 636 g/mol. The molecule has 1 amide bonds. The van der Waals surface area contributed by atoms with E-state index in [9.17, 15) is 43.0 Å². The van der Waals surface area contributed by atoms with Crippen molar-refractivity contribution >= 4 is 29.4 Å². The van der Waals surface area contributed by atoms with Crippen molar-refractivity contribution in [2.24, 2.45) is 5.73 Å². The number of phosphoric acid groups is 3. The number of ether oxygens (including phenoxy) is 1. The van der Waals surface area contributed by atoms with Crippen LogP contribution in [0.1, 0.15) is 32.1 Å². The highest BCUT2D eigenvalue weighted by Crippen LogP contribution is 2.66. The van der Waals surface area contributed by atoms with Gasteiger partial charge in [0.1, 0.15) is 18.2 Å². The van der Waals surface area contributed by atoms with E-state index in [0.717, 1.165) is 16.8 Å². The molecule has 6 atom stereocenters. The number of unbranched alkanes of at least 4 members (excludes halogenated alkanes) is 2. The molecule has 0 radical (unpaired) electrons. The lowest BCUT2D eigenvalue weighted by Crippen LogP contribution is -2.58. The predicted octanol–water partition coefficient (Wildman–Crippen LogP) is -1.13. The highest BCUT2D eigenvalue weighted by Gasteiger charge is 2.57. The van der Waals surface area contributed by atoms with Gasteiger partial charge in [-0.25, -0.2) is 18.5 Å². The third-order valence-corrected chi connectivity index (χ3v) is 9.28. The number of H-pyrrole nitrogens is 1. The molecule has 1 aliphatic rings. The second-order valence-corrected chi connectivity index (χ2v) is 12.9. The standard InChI is InChI=1S/C18H31N4O15P3/c1-2-8-18(22-10-7-14(24)21-17(22)26)16(20-13(23)6-4-3-5-9-19)15(25)12(35-18)11-34-39(30,31)37-40(32,33)36-38(27,28)29/h2,7,10,12,15-16,25H,1,3-6,8-9,11,19H2,(H,20,23)(H,30,31)(H,32,33)(H,21,24,26)(H2,27,28,29)/t12-,15-,16-,18-/m1/s1. The van der Waals surface area contributed by atoms with Gasteiger partial charge in [0.15, 0.2) is 5.72 Å². The molecule has 0 saturated carbocycles. The van der Waals surface area contributed by atoms with E-state index in [1.54, 1.807) is 0 Å². The van der Waals surface area contributed by atoms with Crippen LogP contribution >= 0.6 is 23.5 Å². The maximum absolute atomic E-state index is 12.7. The molecule has 1 aromatic rings. The first kappa shape index (κ1) is 34.4. The smallest absolute Gasteiger partial charge is 0.388 e. The van der Waals surface area contributed by atoms with Crippen molar-refractivity contribution < 1.29 is 61.1 Å². The lowest BCUT2D eigenvalue weighted by atomic mass is 9.95. The molecule has 0 spiro atoms. The van der Waals surface area contributed by atoms with Crippen molar-refractivity contribution in [1.29, 1.82) is 0 Å². The zero-order valence-electron chi connectivity index (χ0n) is 20.8. The summed E-state index contributed by atoms with van der Waals surface area (Å²) in [7, 11) is -17.0. The summed E-state index contributed by atoms with van der Waals surface area (Å²) >= 11 is 0. The van der Waals surface area contributed by atoms with Crippen LogP contribution in [0.2, 0.25) is 0 Å². The number of nitrogens with two attached hydrogens (primary N) is 1. The number of carbonyl (C=O) groups is 1. The number of phosphoric ester groups is 1. The average molecular weight is 636 g/mol. The van der Waals surface area contributed by atoms with Crippen molar-refractivity contribution in [2.75, 3.05) is 13.2 Å². The van der Waals surface area contributed by atoms with E-state index in [2.05, 4.69) is 25.0 Å². The fourth-order valence-electron chi connectivity index (χ4n) is 3.94. The lowest BCUT2D eigenvalue weighted by molar-refractivity contribution is -0.133. The Labute approximate surface area is 226 Å². The SMILES string of the molecule is C=CC[C@@]1(n2ccc(=O)[nH]c2=O)O[C@H](COP(=O)(O)OP(=O)(O)OP(=O)(O)O)[C@@H](O)[C@H]1NC(=O)CCCCCN. The largest absolute Gasteiger partial charge is 0.490 e. The van der Waals surface area contributed by atoms with Crippen LogP contribution in [0.3, 0.4) is 0 Å². The number of hydrogen-bond donors (Lipinski definition) is 8. The molecule has 0 bridgehead atoms. The summed E-state index contributed by atoms with van der Waals surface area (Å²) in [6.07, 6.45) is 0.379. The molecule has 19 nitrogen and oxygen atoms in total. The Morgan fingerprint density at radius 1 is 1.18 bits per heavy atom. The van der Waals surface area contributed by atoms with E-state index in [4.69, 9.17) is 20.3 Å². The average Bonchev–Trinajstić information content (AvgIpc) is 3.05. The third-order valence-electron chi connectivity index (χ3n) is 5.47. The maximum atomic E-state index is 12.7. The summed E-state index contributed by atoms with van der Waals surface area (Å²) in [4.78, 5) is 75.5. The Balaban J connectivity index is 2.36. The normalized spacial score (nSPS) is 26.1. The Morgan fingerprint density at radius 3 is 2.42 bits per heavy atom. The van der Waals surface area contributed by atoms with Crippen molar-refractivity contribution in [2.45, 2.75) is 56.1 Å². The Kier molecular flexibility index (Phi) is 11.9. The summed E-state index contributed by atoms with van der Waals surface area (Å²) in [5.74, 6) is -0.566. The number of aromatic nitrogens is 2. The molecular formula is C18H31N4O15P3. The number of nitrogens with one attached hydrogen (secondary N) is 2. The summed E-state index contributed by atoms with van der Waals surface area (Å²) in [5.41, 5.74) is 1.72. The first-order chi connectivity index (χ1) is 18.5. The predicted molar refractivity (Wildman–Crippen MR) is 134 cm³/mol. The highest BCUT2D eigenvalue weighted by atomic mass is 31.3. The minimum Gasteiger partial charge on any atom is -0.388 e. The summed E-state index contributed by atoms with van der Waals surface area (Å²) in [6.45, 7) is 2.93. The number of aromatic amines is 1. The number of aliphatic hydroxyl groups is 1. The Morgan fingerprint density at radius 2 is 1.85 bits per heavy atom. The number of nitrogens with zero attached hydrogens (tertiary/aromatic N) is 1. The molecule has 228 valence electrons. The third kappa shape index (κ3) is 9.63. The van der Waals surface area contributed by atoms with E-state index in [0.29, 0.717) is 25.8 Å². The number of amides is 1. The molecule has 1 fully saturated rings. The number of carbonyl (C=O) groups excluding carboxylic acids is 1. The molecule has 1 aromatic heterocycles. The van der Waals surface area contributed by atoms with Crippen LogP contribution in [-0.4, -0.2) is 71.5 Å². The maximum Gasteiger partial charge on any atom is 0.490 e. The lowest BCUT2D eigenvalue weighted by Gasteiger charge is -2.36. The second-order valence-electron chi connectivity index (χ2n) is 8.50. The first-order valence-corrected chi connectivity index (χ1v) is 16.0. The molecule has 0 aliphatic carbocycles. The van der Waals surface area contributed by atoms with Crippen LogP contribution in [0, 0.1) is 0 Å². The van der Waals surface area contributed by atoms with E-state index in [1.165, 1.54) is 6.08 Å². The van der Waals surface area contributed by atoms with E-state index in [1.807, 2.05) is 4.98 Å². The summed E-state index contributed by atoms with van der Waals surface area (Å²) < 4.78 is 53.2. The number of rotatable bonds is 16. The quantitative estimate of drug-likeness (QED) is 0.0605. The number of hydrogen-bond acceptors (Lipinski definition) is 12. The van der Waals surface area contributed by atoms with Crippen LogP contribution < -0.4 is 22.3 Å². The van der Waals surface area contributed by atoms with Crippen molar-refractivity contribution in [3.8, 4) is 0 Å². The zero-order chi connectivity index (χ0) is 30.4. The van der Waals surface area contributed by atoms with Crippen molar-refractivity contribution in [3.05, 3.63) is 45.8 Å². The van der Waals surface area contributed by atoms with E-state index < -0.39 is 71.2 Å². The van der Waals surface area contributed by atoms with Crippen LogP contribution in [0.4, 0.5) is 0 Å². The van der Waals surface area contributed by atoms with Gasteiger partial charge in [-0.2, -0.15) is 8.62 Å². The minimum absolute atomic E-state index is 0.000114. The van der Waals surface area contributed by atoms with Gasteiger partial charge < -0.3 is 40.5 Å². The van der Waals surface area contributed by atoms with Crippen LogP contribution in [0.5, 0.6) is 0 Å². The molecule has 2 heterocycles. The Hall–Kier alpha value is -1.82. The van der Waals surface area contributed by atoms with Crippen LogP contribution in [0.15, 0.2) is 34.5 Å². The number of aliphatic hydroxyl groups excluding tert-OH is 1. The van der Waals surface area contributed by atoms with Gasteiger partial charge in [-0.15, -0.1) is 6.58 Å². The van der Waals surface area contributed by atoms with Crippen LogP contribution in [-0.2, 0) is 42.1 Å². The molecule has 1 saturated heterocycles. The topological polar surface area (TPSA) is 299 Å². The summed E-state index contributed by atoms with van der Waals surface area (Å²) in [6, 6.07) is -0.474. The van der Waals surface area contributed by atoms with Gasteiger partial charge in [-0.1, -0.05) is 12.5 Å². The Bertz CT molecular complexity index is 1310. The van der Waals surface area contributed by atoms with E-state index in [-0.39, 0.29) is 12.8 Å². The molecule has 2 rings (SSSR count). The van der Waals surface area contributed by atoms with Gasteiger partial charge in [-0.05, 0) is 19.4 Å². The summed E-state index contributed by atoms with van der Waals surface area (Å²) in [5, 5.41) is 13.6. The van der Waals surface area contributed by atoms with Crippen molar-refractivity contribution in [1.82, 2.24) is 14.9 Å². The van der Waals surface area contributed by atoms with Crippen LogP contribution in [0.25, 0.3) is 0 Å². The second kappa shape index (κ2) is 13.9. The fraction of sp³-hybridized carbons (Fsp3) is 0.611. The molecule has 22 heteroatoms. The van der Waals surface area contributed by atoms with Gasteiger partial charge in [0.05, 0.1) is 6.61 Å². The molecule has 9 N–H and O–H groups in total. The van der Waals surface area contributed by atoms with Gasteiger partial charge in [0, 0.05) is 25.1 Å².